The number of carbonyl (C=O) groups excluding carboxylic acids is 1. The Morgan fingerprint density at radius 2 is 1.76 bits per heavy atom. The lowest BCUT2D eigenvalue weighted by Crippen LogP contribution is -2.42. The number of amides is 1. The van der Waals surface area contributed by atoms with E-state index in [1.165, 1.54) is 30.3 Å². The van der Waals surface area contributed by atoms with Gasteiger partial charge in [0.05, 0.1) is 18.7 Å². The summed E-state index contributed by atoms with van der Waals surface area (Å²) in [5.74, 6) is 5.20. The lowest BCUT2D eigenvalue weighted by molar-refractivity contribution is 0.0700. The van der Waals surface area contributed by atoms with Crippen molar-refractivity contribution in [3.05, 3.63) is 101 Å². The minimum absolute atomic E-state index is 0.0281. The number of nitrogens with zero attached hydrogens (tertiary/aromatic N) is 1. The molecule has 2 heterocycles. The van der Waals surface area contributed by atoms with Gasteiger partial charge in [0.2, 0.25) is 0 Å². The molecular formula is C27H22F2N2O2. The topological polar surface area (TPSA) is 52.6 Å². The molecule has 3 aromatic rings. The first-order valence-corrected chi connectivity index (χ1v) is 10.9. The third-order valence-electron chi connectivity index (χ3n) is 6.40. The van der Waals surface area contributed by atoms with Gasteiger partial charge in [0.15, 0.2) is 0 Å². The number of carbonyl (C=O) groups is 1. The summed E-state index contributed by atoms with van der Waals surface area (Å²) in [4.78, 5) is 15.1. The Kier molecular flexibility index (Phi) is 5.57. The molecule has 4 nitrogen and oxygen atoms in total. The molecule has 0 aromatic heterocycles. The number of aliphatic hydroxyl groups excluding tert-OH is 1. The van der Waals surface area contributed by atoms with Gasteiger partial charge in [-0.15, -0.1) is 0 Å². The number of fused-ring (bicyclic) bond motifs is 3. The van der Waals surface area contributed by atoms with E-state index in [1.807, 2.05) is 18.2 Å². The molecule has 6 heteroatoms. The van der Waals surface area contributed by atoms with Crippen LogP contribution >= 0.6 is 0 Å². The Morgan fingerprint density at radius 3 is 2.52 bits per heavy atom. The summed E-state index contributed by atoms with van der Waals surface area (Å²) in [7, 11) is 0. The minimum Gasteiger partial charge on any atom is -0.394 e. The third-order valence-corrected chi connectivity index (χ3v) is 6.40. The van der Waals surface area contributed by atoms with E-state index < -0.39 is 5.82 Å². The molecule has 166 valence electrons. The summed E-state index contributed by atoms with van der Waals surface area (Å²) in [6, 6.07) is 17.0. The molecule has 1 amide bonds. The standard InChI is InChI=1S/C27H22F2N2O2/c28-20-9-6-17(7-10-20)4-5-18-8-11-24-23(14-18)26-22(25(16-32)30-24)12-13-31(26)27(33)19-2-1-3-21(29)15-19/h1-3,6-11,14-15,22,25-26,30,32H,12-13,16H2/t22-,25+,26-/m1/s1. The number of rotatable bonds is 2. The van der Waals surface area contributed by atoms with Crippen LogP contribution in [-0.2, 0) is 0 Å². The van der Waals surface area contributed by atoms with Crippen LogP contribution in [-0.4, -0.2) is 35.1 Å². The van der Waals surface area contributed by atoms with Crippen LogP contribution in [0, 0.1) is 29.4 Å². The van der Waals surface area contributed by atoms with Crippen molar-refractivity contribution in [2.75, 3.05) is 18.5 Å². The second-order valence-corrected chi connectivity index (χ2v) is 8.40. The molecule has 0 radical (unpaired) electrons. The maximum atomic E-state index is 13.8. The lowest BCUT2D eigenvalue weighted by Gasteiger charge is -2.39. The van der Waals surface area contributed by atoms with Gasteiger partial charge in [-0.2, -0.15) is 0 Å². The van der Waals surface area contributed by atoms with E-state index in [1.54, 1.807) is 23.1 Å². The Morgan fingerprint density at radius 1 is 1.00 bits per heavy atom. The van der Waals surface area contributed by atoms with Crippen molar-refractivity contribution in [1.82, 2.24) is 4.90 Å². The highest BCUT2D eigenvalue weighted by atomic mass is 19.1. The first-order valence-electron chi connectivity index (χ1n) is 10.9. The fourth-order valence-electron chi connectivity index (χ4n) is 4.83. The van der Waals surface area contributed by atoms with Crippen molar-refractivity contribution in [2.45, 2.75) is 18.5 Å². The highest BCUT2D eigenvalue weighted by Crippen LogP contribution is 2.47. The second-order valence-electron chi connectivity index (χ2n) is 8.40. The van der Waals surface area contributed by atoms with Crippen LogP contribution < -0.4 is 5.32 Å². The van der Waals surface area contributed by atoms with E-state index in [-0.39, 0.29) is 36.3 Å². The van der Waals surface area contributed by atoms with E-state index >= 15 is 0 Å². The van der Waals surface area contributed by atoms with Crippen LogP contribution in [0.1, 0.15) is 39.5 Å². The van der Waals surface area contributed by atoms with Gasteiger partial charge in [0.25, 0.3) is 5.91 Å². The van der Waals surface area contributed by atoms with Crippen molar-refractivity contribution in [3.8, 4) is 11.8 Å². The van der Waals surface area contributed by atoms with E-state index in [0.29, 0.717) is 17.7 Å². The Balaban J connectivity index is 1.51. The number of nitrogens with one attached hydrogen (secondary N) is 1. The summed E-state index contributed by atoms with van der Waals surface area (Å²) in [5, 5.41) is 13.4. The summed E-state index contributed by atoms with van der Waals surface area (Å²) in [5.41, 5.74) is 3.56. The number of likely N-dealkylation sites (tertiary alicyclic amines) is 1. The molecule has 5 rings (SSSR count). The van der Waals surface area contributed by atoms with E-state index in [4.69, 9.17) is 0 Å². The fraction of sp³-hybridized carbons (Fsp3) is 0.222. The van der Waals surface area contributed by atoms with Gasteiger partial charge in [0, 0.05) is 34.8 Å². The fourth-order valence-corrected chi connectivity index (χ4v) is 4.83. The number of benzene rings is 3. The van der Waals surface area contributed by atoms with Crippen molar-refractivity contribution < 1.29 is 18.7 Å². The molecular weight excluding hydrogens is 422 g/mol. The minimum atomic E-state index is -0.450. The first-order chi connectivity index (χ1) is 16.0. The van der Waals surface area contributed by atoms with Gasteiger partial charge in [0.1, 0.15) is 11.6 Å². The van der Waals surface area contributed by atoms with Gasteiger partial charge < -0.3 is 15.3 Å². The Hall–Kier alpha value is -3.69. The zero-order valence-corrected chi connectivity index (χ0v) is 17.8. The highest BCUT2D eigenvalue weighted by Gasteiger charge is 2.45. The third kappa shape index (κ3) is 4.08. The van der Waals surface area contributed by atoms with Crippen LogP contribution in [0.2, 0.25) is 0 Å². The normalized spacial score (nSPS) is 20.8. The van der Waals surface area contributed by atoms with Gasteiger partial charge in [-0.05, 0) is 72.6 Å². The molecule has 0 unspecified atom stereocenters. The molecule has 0 aliphatic carbocycles. The largest absolute Gasteiger partial charge is 0.394 e. The van der Waals surface area contributed by atoms with Gasteiger partial charge in [-0.1, -0.05) is 17.9 Å². The SMILES string of the molecule is O=C(c1cccc(F)c1)N1CC[C@@H]2[C@H](CO)Nc3ccc(C#Cc4ccc(F)cc4)cc3[C@@H]21. The maximum Gasteiger partial charge on any atom is 0.254 e. The molecule has 1 fully saturated rings. The van der Waals surface area contributed by atoms with Gasteiger partial charge in [-0.25, -0.2) is 8.78 Å². The smallest absolute Gasteiger partial charge is 0.254 e. The average molecular weight is 444 g/mol. The quantitative estimate of drug-likeness (QED) is 0.578. The number of aliphatic hydroxyl groups is 1. The molecule has 2 aliphatic heterocycles. The van der Waals surface area contributed by atoms with Crippen LogP contribution in [0.15, 0.2) is 66.7 Å². The molecule has 2 N–H and O–H groups in total. The number of anilines is 1. The Bertz CT molecular complexity index is 1260. The predicted molar refractivity (Wildman–Crippen MR) is 122 cm³/mol. The van der Waals surface area contributed by atoms with Gasteiger partial charge in [-0.3, -0.25) is 4.79 Å². The second kappa shape index (κ2) is 8.68. The summed E-state index contributed by atoms with van der Waals surface area (Å²) < 4.78 is 26.9. The van der Waals surface area contributed by atoms with Crippen LogP contribution in [0.3, 0.4) is 0 Å². The molecule has 3 atom stereocenters. The van der Waals surface area contributed by atoms with Crippen LogP contribution in [0.25, 0.3) is 0 Å². The van der Waals surface area contributed by atoms with Crippen molar-refractivity contribution >= 4 is 11.6 Å². The van der Waals surface area contributed by atoms with E-state index in [2.05, 4.69) is 17.2 Å². The predicted octanol–water partition coefficient (Wildman–Crippen LogP) is 4.35. The number of halogens is 2. The molecule has 1 saturated heterocycles. The molecule has 0 saturated carbocycles. The zero-order chi connectivity index (χ0) is 22.9. The molecule has 33 heavy (non-hydrogen) atoms. The van der Waals surface area contributed by atoms with Crippen molar-refractivity contribution in [2.24, 2.45) is 5.92 Å². The average Bonchev–Trinajstić information content (AvgIpc) is 3.28. The molecule has 2 aliphatic rings. The van der Waals surface area contributed by atoms with Crippen molar-refractivity contribution in [3.63, 3.8) is 0 Å². The van der Waals surface area contributed by atoms with Crippen LogP contribution in [0.5, 0.6) is 0 Å². The lowest BCUT2D eigenvalue weighted by atomic mass is 9.82. The highest BCUT2D eigenvalue weighted by molar-refractivity contribution is 5.95. The maximum absolute atomic E-state index is 13.8. The number of hydrogen-bond acceptors (Lipinski definition) is 3. The summed E-state index contributed by atoms with van der Waals surface area (Å²) >= 11 is 0. The molecule has 0 bridgehead atoms. The van der Waals surface area contributed by atoms with E-state index in [0.717, 1.165) is 23.2 Å². The van der Waals surface area contributed by atoms with Crippen molar-refractivity contribution in [1.29, 1.82) is 0 Å². The summed E-state index contributed by atoms with van der Waals surface area (Å²) in [6.07, 6.45) is 0.731. The monoisotopic (exact) mass is 444 g/mol. The molecule has 0 spiro atoms. The number of hydrogen-bond donors (Lipinski definition) is 2. The van der Waals surface area contributed by atoms with Gasteiger partial charge >= 0.3 is 0 Å². The Labute approximate surface area is 190 Å². The van der Waals surface area contributed by atoms with E-state index in [9.17, 15) is 18.7 Å². The van der Waals surface area contributed by atoms with Crippen LogP contribution in [0.4, 0.5) is 14.5 Å². The molecule has 3 aromatic carbocycles. The first kappa shape index (κ1) is 21.2. The zero-order valence-electron chi connectivity index (χ0n) is 17.8. The summed E-state index contributed by atoms with van der Waals surface area (Å²) in [6.45, 7) is 0.475.